The third-order valence-electron chi connectivity index (χ3n) is 6.46. The zero-order valence-electron chi connectivity index (χ0n) is 31.5. The van der Waals surface area contributed by atoms with Crippen LogP contribution < -0.4 is 20.9 Å². The molecule has 0 fully saturated rings. The number of nitrogens with zero attached hydrogens (tertiary/aromatic N) is 7. The number of nitrogen functional groups attached to an aromatic ring is 1. The summed E-state index contributed by atoms with van der Waals surface area (Å²) in [7, 11) is 18.1. The SMILES string of the molecule is CCO.CN(C)CCN(C)c1ccccc1N.CN(C)CCN(C)c1ccccc1[N+](=O)[O-].CNCCN(C)C.O=[N+]([O-])c1ccccc1F. The highest BCUT2D eigenvalue weighted by Gasteiger charge is 2.15. The van der Waals surface area contributed by atoms with E-state index in [1.165, 1.54) is 18.2 Å². The summed E-state index contributed by atoms with van der Waals surface area (Å²) in [5.41, 5.74) is 8.15. The van der Waals surface area contributed by atoms with Crippen LogP contribution in [0.3, 0.4) is 0 Å². The number of benzene rings is 3. The molecule has 0 saturated carbocycles. The van der Waals surface area contributed by atoms with Crippen LogP contribution in [0.5, 0.6) is 0 Å². The maximum atomic E-state index is 12.4. The van der Waals surface area contributed by atoms with Gasteiger partial charge in [0, 0.05) is 72.1 Å². The standard InChI is InChI=1S/C11H17N3O2.C11H19N3.C6H4FNO2.C5H14N2.C2H6O/c1-12(2)8-9-13(3)10-6-4-5-7-11(10)14(15)16;1-13(2)8-9-14(3)11-7-5-4-6-10(11)12;7-5-3-1-2-4-6(5)8(9)10;1-6-4-5-7(2)3;1-2-3/h4-7H,8-9H2,1-3H3;4-7H,8-9,12H2,1-3H3;1-4H;6H,4-5H2,1-3H3;3H,2H2,1H3. The topological polar surface area (TPSA) is 161 Å². The second-order valence-electron chi connectivity index (χ2n) is 11.7. The van der Waals surface area contributed by atoms with Crippen LogP contribution in [0.1, 0.15) is 6.92 Å². The molecule has 0 bridgehead atoms. The van der Waals surface area contributed by atoms with Crippen molar-refractivity contribution in [1.82, 2.24) is 20.0 Å². The molecule has 4 N–H and O–H groups in total. The number of nitrogens with two attached hydrogens (primary N) is 1. The molecule has 0 heterocycles. The Kier molecular flexibility index (Phi) is 27.1. The predicted octanol–water partition coefficient (Wildman–Crippen LogP) is 4.36. The average Bonchev–Trinajstić information content (AvgIpc) is 3.06. The molecule has 3 rings (SSSR count). The van der Waals surface area contributed by atoms with Crippen LogP contribution in [-0.2, 0) is 0 Å². The van der Waals surface area contributed by atoms with Crippen LogP contribution in [0.2, 0.25) is 0 Å². The monoisotopic (exact) mass is 705 g/mol. The molecular weight excluding hydrogens is 645 g/mol. The zero-order valence-corrected chi connectivity index (χ0v) is 31.5. The molecule has 0 aliphatic heterocycles. The van der Waals surface area contributed by atoms with Gasteiger partial charge in [-0.25, -0.2) is 0 Å². The van der Waals surface area contributed by atoms with Crippen molar-refractivity contribution >= 4 is 28.4 Å². The van der Waals surface area contributed by atoms with Crippen LogP contribution in [0, 0.1) is 26.0 Å². The summed E-state index contributed by atoms with van der Waals surface area (Å²) in [6.07, 6.45) is 0. The molecule has 0 aliphatic rings. The van der Waals surface area contributed by atoms with E-state index >= 15 is 0 Å². The van der Waals surface area contributed by atoms with Gasteiger partial charge in [0.2, 0.25) is 5.82 Å². The second kappa shape index (κ2) is 28.4. The fourth-order valence-corrected chi connectivity index (χ4v) is 3.65. The number of nitro groups is 2. The molecule has 0 atom stereocenters. The predicted molar refractivity (Wildman–Crippen MR) is 206 cm³/mol. The second-order valence-corrected chi connectivity index (χ2v) is 11.7. The van der Waals surface area contributed by atoms with Gasteiger partial charge in [0.1, 0.15) is 5.69 Å². The van der Waals surface area contributed by atoms with Gasteiger partial charge in [0.05, 0.1) is 21.2 Å². The van der Waals surface area contributed by atoms with E-state index in [-0.39, 0.29) is 17.2 Å². The highest BCUT2D eigenvalue weighted by atomic mass is 19.1. The number of likely N-dealkylation sites (N-methyl/N-ethyl adjacent to an activating group) is 6. The smallest absolute Gasteiger partial charge is 0.304 e. The van der Waals surface area contributed by atoms with Crippen LogP contribution in [0.15, 0.2) is 72.8 Å². The lowest BCUT2D eigenvalue weighted by atomic mass is 10.2. The summed E-state index contributed by atoms with van der Waals surface area (Å²) in [6.45, 7) is 7.77. The molecule has 0 radical (unpaired) electrons. The van der Waals surface area contributed by atoms with Crippen LogP contribution in [-0.4, -0.2) is 139 Å². The molecule has 15 heteroatoms. The van der Waals surface area contributed by atoms with Gasteiger partial charge in [-0.05, 0) is 80.5 Å². The molecule has 14 nitrogen and oxygen atoms in total. The summed E-state index contributed by atoms with van der Waals surface area (Å²) < 4.78 is 12.4. The van der Waals surface area contributed by atoms with Crippen LogP contribution in [0.25, 0.3) is 0 Å². The lowest BCUT2D eigenvalue weighted by Gasteiger charge is -2.22. The zero-order chi connectivity index (χ0) is 38.6. The lowest BCUT2D eigenvalue weighted by molar-refractivity contribution is -0.387. The average molecular weight is 706 g/mol. The number of nitrogens with one attached hydrogen (secondary N) is 1. The molecule has 0 saturated heterocycles. The Morgan fingerprint density at radius 3 is 1.40 bits per heavy atom. The van der Waals surface area contributed by atoms with E-state index in [9.17, 15) is 24.6 Å². The number of aliphatic hydroxyl groups is 1. The van der Waals surface area contributed by atoms with Gasteiger partial charge in [0.15, 0.2) is 0 Å². The summed E-state index contributed by atoms with van der Waals surface area (Å²) in [5.74, 6) is -0.799. The van der Waals surface area contributed by atoms with Crippen molar-refractivity contribution in [2.24, 2.45) is 0 Å². The molecular formula is C35H60FN9O5. The molecule has 0 amide bonds. The van der Waals surface area contributed by atoms with Gasteiger partial charge in [0.25, 0.3) is 5.69 Å². The molecule has 0 aliphatic carbocycles. The van der Waals surface area contributed by atoms with E-state index in [0.29, 0.717) is 5.69 Å². The van der Waals surface area contributed by atoms with E-state index in [2.05, 4.69) is 55.3 Å². The Balaban J connectivity index is 0. The van der Waals surface area contributed by atoms with Crippen molar-refractivity contribution in [3.8, 4) is 0 Å². The summed E-state index contributed by atoms with van der Waals surface area (Å²) in [4.78, 5) is 30.2. The third kappa shape index (κ3) is 23.0. The van der Waals surface area contributed by atoms with Crippen LogP contribution >= 0.6 is 0 Å². The quantitative estimate of drug-likeness (QED) is 0.131. The molecule has 282 valence electrons. The van der Waals surface area contributed by atoms with Crippen molar-refractivity contribution in [2.75, 3.05) is 125 Å². The van der Waals surface area contributed by atoms with E-state index in [1.807, 2.05) is 68.3 Å². The van der Waals surface area contributed by atoms with Crippen molar-refractivity contribution < 1.29 is 19.3 Å². The Morgan fingerprint density at radius 1 is 0.660 bits per heavy atom. The minimum Gasteiger partial charge on any atom is -0.397 e. The van der Waals surface area contributed by atoms with Gasteiger partial charge in [-0.3, -0.25) is 20.2 Å². The number of hydrogen-bond donors (Lipinski definition) is 3. The van der Waals surface area contributed by atoms with E-state index < -0.39 is 16.4 Å². The fourth-order valence-electron chi connectivity index (χ4n) is 3.65. The van der Waals surface area contributed by atoms with Crippen molar-refractivity contribution in [3.05, 3.63) is 98.8 Å². The summed E-state index contributed by atoms with van der Waals surface area (Å²) in [6, 6.07) is 19.7. The molecule has 0 spiro atoms. The minimum absolute atomic E-state index is 0.156. The number of anilines is 3. The Labute approximate surface area is 298 Å². The van der Waals surface area contributed by atoms with Crippen LogP contribution in [0.4, 0.5) is 32.8 Å². The molecule has 0 unspecified atom stereocenters. The highest BCUT2D eigenvalue weighted by Crippen LogP contribution is 2.26. The molecule has 50 heavy (non-hydrogen) atoms. The number of hydrogen-bond acceptors (Lipinski definition) is 12. The number of para-hydroxylation sites is 5. The largest absolute Gasteiger partial charge is 0.397 e. The van der Waals surface area contributed by atoms with Gasteiger partial charge in [-0.1, -0.05) is 36.4 Å². The van der Waals surface area contributed by atoms with Gasteiger partial charge >= 0.3 is 5.69 Å². The van der Waals surface area contributed by atoms with Crippen molar-refractivity contribution in [1.29, 1.82) is 0 Å². The van der Waals surface area contributed by atoms with Gasteiger partial charge < -0.3 is 40.7 Å². The summed E-state index contributed by atoms with van der Waals surface area (Å²) >= 11 is 0. The number of halogens is 1. The first kappa shape index (κ1) is 47.7. The Morgan fingerprint density at radius 2 is 1.04 bits per heavy atom. The van der Waals surface area contributed by atoms with Gasteiger partial charge in [-0.2, -0.15) is 4.39 Å². The van der Waals surface area contributed by atoms with E-state index in [0.717, 1.165) is 62.8 Å². The summed E-state index contributed by atoms with van der Waals surface area (Å²) in [5, 5.41) is 31.4. The molecule has 3 aromatic rings. The maximum absolute atomic E-state index is 12.4. The minimum atomic E-state index is -0.799. The number of rotatable bonds is 13. The first-order valence-electron chi connectivity index (χ1n) is 16.1. The van der Waals surface area contributed by atoms with Crippen molar-refractivity contribution in [2.45, 2.75) is 6.92 Å². The van der Waals surface area contributed by atoms with Crippen molar-refractivity contribution in [3.63, 3.8) is 0 Å². The molecule has 3 aromatic carbocycles. The van der Waals surface area contributed by atoms with Gasteiger partial charge in [-0.15, -0.1) is 0 Å². The number of aliphatic hydroxyl groups excluding tert-OH is 1. The number of nitro benzene ring substituents is 2. The molecule has 0 aromatic heterocycles. The first-order chi connectivity index (χ1) is 23.5. The normalized spacial score (nSPS) is 9.98. The maximum Gasteiger partial charge on any atom is 0.304 e. The van der Waals surface area contributed by atoms with E-state index in [4.69, 9.17) is 10.8 Å². The Hall–Kier alpha value is -4.41. The Bertz CT molecular complexity index is 1330. The lowest BCUT2D eigenvalue weighted by Crippen LogP contribution is -2.28. The third-order valence-corrected chi connectivity index (χ3v) is 6.46. The van der Waals surface area contributed by atoms with E-state index in [1.54, 1.807) is 19.1 Å². The highest BCUT2D eigenvalue weighted by molar-refractivity contribution is 5.66. The first-order valence-corrected chi connectivity index (χ1v) is 16.1. The fraction of sp³-hybridized carbons (Fsp3) is 0.486.